The van der Waals surface area contributed by atoms with Gasteiger partial charge in [-0.3, -0.25) is 4.79 Å². The third kappa shape index (κ3) is 4.60. The van der Waals surface area contributed by atoms with Gasteiger partial charge in [0.2, 0.25) is 5.91 Å². The zero-order valence-electron chi connectivity index (χ0n) is 12.4. The smallest absolute Gasteiger partial charge is 0.315 e. The maximum absolute atomic E-state index is 13.7. The Bertz CT molecular complexity index is 517. The number of urea groups is 1. The number of likely N-dealkylation sites (N-methyl/N-ethyl adjacent to an activating group) is 1. The summed E-state index contributed by atoms with van der Waals surface area (Å²) in [5.41, 5.74) is 0.209. The number of benzene rings is 1. The van der Waals surface area contributed by atoms with Crippen molar-refractivity contribution >= 4 is 23.5 Å². The molecular formula is C14H19ClFN3O2. The van der Waals surface area contributed by atoms with Crippen LogP contribution in [0.4, 0.5) is 9.18 Å². The van der Waals surface area contributed by atoms with Crippen LogP contribution in [0.1, 0.15) is 25.5 Å². The molecule has 5 nitrogen and oxygen atoms in total. The summed E-state index contributed by atoms with van der Waals surface area (Å²) in [5.74, 6) is -0.727. The van der Waals surface area contributed by atoms with Crippen molar-refractivity contribution < 1.29 is 14.0 Å². The van der Waals surface area contributed by atoms with E-state index in [1.54, 1.807) is 34.0 Å². The molecule has 1 aromatic rings. The molecule has 0 spiro atoms. The molecule has 0 aliphatic rings. The van der Waals surface area contributed by atoms with Crippen molar-refractivity contribution in [2.75, 3.05) is 14.1 Å². The van der Waals surface area contributed by atoms with Crippen LogP contribution in [-0.4, -0.2) is 37.0 Å². The van der Waals surface area contributed by atoms with Gasteiger partial charge in [-0.1, -0.05) is 17.7 Å². The Labute approximate surface area is 128 Å². The van der Waals surface area contributed by atoms with E-state index in [1.807, 2.05) is 0 Å². The highest BCUT2D eigenvalue weighted by Gasteiger charge is 2.20. The first-order chi connectivity index (χ1) is 9.73. The highest BCUT2D eigenvalue weighted by atomic mass is 35.5. The second-order valence-corrected chi connectivity index (χ2v) is 5.34. The van der Waals surface area contributed by atoms with Crippen molar-refractivity contribution in [2.24, 2.45) is 0 Å². The van der Waals surface area contributed by atoms with Gasteiger partial charge < -0.3 is 15.5 Å². The lowest BCUT2D eigenvalue weighted by atomic mass is 10.1. The van der Waals surface area contributed by atoms with Gasteiger partial charge in [0.25, 0.3) is 0 Å². The van der Waals surface area contributed by atoms with Crippen molar-refractivity contribution in [2.45, 2.75) is 25.9 Å². The van der Waals surface area contributed by atoms with Gasteiger partial charge in [0.15, 0.2) is 0 Å². The molecular weight excluding hydrogens is 297 g/mol. The van der Waals surface area contributed by atoms with Crippen LogP contribution in [0.2, 0.25) is 5.02 Å². The van der Waals surface area contributed by atoms with Crippen LogP contribution in [0, 0.1) is 5.82 Å². The summed E-state index contributed by atoms with van der Waals surface area (Å²) in [6, 6.07) is 2.45. The fourth-order valence-electron chi connectivity index (χ4n) is 1.88. The van der Waals surface area contributed by atoms with E-state index in [2.05, 4.69) is 10.6 Å². The van der Waals surface area contributed by atoms with Crippen molar-refractivity contribution in [1.82, 2.24) is 15.5 Å². The largest absolute Gasteiger partial charge is 0.347 e. The lowest BCUT2D eigenvalue weighted by Gasteiger charge is -2.21. The van der Waals surface area contributed by atoms with Gasteiger partial charge in [-0.2, -0.15) is 0 Å². The number of nitrogens with one attached hydrogen (secondary N) is 2. The van der Waals surface area contributed by atoms with E-state index in [9.17, 15) is 14.0 Å². The minimum Gasteiger partial charge on any atom is -0.347 e. The number of carbonyl (C=O) groups is 2. The first-order valence-corrected chi connectivity index (χ1v) is 6.84. The maximum atomic E-state index is 13.7. The minimum atomic E-state index is -0.678. The van der Waals surface area contributed by atoms with Crippen LogP contribution in [0.15, 0.2) is 18.2 Å². The van der Waals surface area contributed by atoms with Crippen molar-refractivity contribution in [3.8, 4) is 0 Å². The second-order valence-electron chi connectivity index (χ2n) is 4.93. The molecule has 0 heterocycles. The summed E-state index contributed by atoms with van der Waals surface area (Å²) in [6.07, 6.45) is 0. The average molecular weight is 316 g/mol. The van der Waals surface area contributed by atoms with Crippen molar-refractivity contribution in [1.29, 1.82) is 0 Å². The van der Waals surface area contributed by atoms with Crippen LogP contribution in [0.25, 0.3) is 0 Å². The Kier molecular flexibility index (Phi) is 5.96. The van der Waals surface area contributed by atoms with E-state index in [0.29, 0.717) is 0 Å². The SMILES string of the molecule is C[C@H](NC(=O)N[C@H](C)c1c(F)cccc1Cl)C(=O)N(C)C. The molecule has 0 aliphatic heterocycles. The summed E-state index contributed by atoms with van der Waals surface area (Å²) in [4.78, 5) is 24.9. The van der Waals surface area contributed by atoms with Gasteiger partial charge in [0.05, 0.1) is 6.04 Å². The fourth-order valence-corrected chi connectivity index (χ4v) is 2.21. The predicted molar refractivity (Wildman–Crippen MR) is 79.6 cm³/mol. The highest BCUT2D eigenvalue weighted by molar-refractivity contribution is 6.31. The monoisotopic (exact) mass is 315 g/mol. The molecule has 1 aromatic carbocycles. The number of hydrogen-bond acceptors (Lipinski definition) is 2. The molecule has 0 unspecified atom stereocenters. The summed E-state index contributed by atoms with van der Waals surface area (Å²) in [6.45, 7) is 3.19. The topological polar surface area (TPSA) is 61.4 Å². The third-order valence-electron chi connectivity index (χ3n) is 2.94. The van der Waals surface area contributed by atoms with Crippen molar-refractivity contribution in [3.05, 3.63) is 34.6 Å². The van der Waals surface area contributed by atoms with Gasteiger partial charge in [0, 0.05) is 24.7 Å². The Morgan fingerprint density at radius 2 is 1.86 bits per heavy atom. The lowest BCUT2D eigenvalue weighted by Crippen LogP contribution is -2.48. The van der Waals surface area contributed by atoms with Gasteiger partial charge in [-0.25, -0.2) is 9.18 Å². The lowest BCUT2D eigenvalue weighted by molar-refractivity contribution is -0.130. The number of hydrogen-bond donors (Lipinski definition) is 2. The summed E-state index contributed by atoms with van der Waals surface area (Å²) in [5, 5.41) is 5.29. The molecule has 2 N–H and O–H groups in total. The van der Waals surface area contributed by atoms with Crippen LogP contribution in [0.3, 0.4) is 0 Å². The Balaban J connectivity index is 2.69. The van der Waals surface area contributed by atoms with Crippen LogP contribution >= 0.6 is 11.6 Å². The Morgan fingerprint density at radius 1 is 1.24 bits per heavy atom. The van der Waals surface area contributed by atoms with E-state index in [1.165, 1.54) is 17.0 Å². The zero-order valence-corrected chi connectivity index (χ0v) is 13.2. The molecule has 7 heteroatoms. The summed E-state index contributed by atoms with van der Waals surface area (Å²) in [7, 11) is 3.19. The molecule has 0 aromatic heterocycles. The number of halogens is 2. The Hall–Kier alpha value is -1.82. The normalized spacial score (nSPS) is 13.2. The zero-order chi connectivity index (χ0) is 16.2. The standard InChI is InChI=1S/C14H19ClFN3O2/c1-8(12-10(15)6-5-7-11(12)16)17-14(21)18-9(2)13(20)19(3)4/h5-9H,1-4H3,(H2,17,18,21)/t8-,9+/m1/s1. The van der Waals surface area contributed by atoms with Crippen LogP contribution < -0.4 is 10.6 Å². The summed E-state index contributed by atoms with van der Waals surface area (Å²) < 4.78 is 13.7. The predicted octanol–water partition coefficient (Wildman–Crippen LogP) is 2.32. The van der Waals surface area contributed by atoms with Gasteiger partial charge in [-0.15, -0.1) is 0 Å². The van der Waals surface area contributed by atoms with Crippen molar-refractivity contribution in [3.63, 3.8) is 0 Å². The van der Waals surface area contributed by atoms with Gasteiger partial charge >= 0.3 is 6.03 Å². The molecule has 1 rings (SSSR count). The molecule has 0 radical (unpaired) electrons. The molecule has 0 saturated heterocycles. The molecule has 2 atom stereocenters. The first-order valence-electron chi connectivity index (χ1n) is 6.46. The quantitative estimate of drug-likeness (QED) is 0.895. The van der Waals surface area contributed by atoms with E-state index in [4.69, 9.17) is 11.6 Å². The minimum absolute atomic E-state index is 0.209. The molecule has 0 aliphatic carbocycles. The third-order valence-corrected chi connectivity index (χ3v) is 3.27. The molecule has 0 fully saturated rings. The number of carbonyl (C=O) groups excluding carboxylic acids is 2. The number of amides is 3. The summed E-state index contributed by atoms with van der Waals surface area (Å²) >= 11 is 5.93. The number of nitrogens with zero attached hydrogens (tertiary/aromatic N) is 1. The maximum Gasteiger partial charge on any atom is 0.315 e. The molecule has 116 valence electrons. The first kappa shape index (κ1) is 17.2. The van der Waals surface area contributed by atoms with Crippen LogP contribution in [0.5, 0.6) is 0 Å². The number of rotatable bonds is 4. The van der Waals surface area contributed by atoms with Gasteiger partial charge in [0.1, 0.15) is 11.9 Å². The average Bonchev–Trinajstić information content (AvgIpc) is 2.36. The molecule has 21 heavy (non-hydrogen) atoms. The van der Waals surface area contributed by atoms with Crippen LogP contribution in [-0.2, 0) is 4.79 Å². The van der Waals surface area contributed by atoms with Gasteiger partial charge in [-0.05, 0) is 26.0 Å². The fraction of sp³-hybridized carbons (Fsp3) is 0.429. The van der Waals surface area contributed by atoms with E-state index in [0.717, 1.165) is 0 Å². The van der Waals surface area contributed by atoms with E-state index in [-0.39, 0.29) is 16.5 Å². The van der Waals surface area contributed by atoms with E-state index >= 15 is 0 Å². The van der Waals surface area contributed by atoms with E-state index < -0.39 is 23.9 Å². The second kappa shape index (κ2) is 7.26. The molecule has 3 amide bonds. The highest BCUT2D eigenvalue weighted by Crippen LogP contribution is 2.25. The molecule has 0 saturated carbocycles. The molecule has 0 bridgehead atoms. The Morgan fingerprint density at radius 3 is 2.38 bits per heavy atom.